The third-order valence-corrected chi connectivity index (χ3v) is 3.40. The Balaban J connectivity index is 4.03. The Morgan fingerprint density at radius 1 is 1.21 bits per heavy atom. The van der Waals surface area contributed by atoms with Gasteiger partial charge in [0.15, 0.2) is 0 Å². The number of likely N-dealkylation sites (N-methyl/N-ethyl adjacent to an activating group) is 3. The molecule has 0 amide bonds. The van der Waals surface area contributed by atoms with Gasteiger partial charge in [0.25, 0.3) is 0 Å². The second-order valence-corrected chi connectivity index (χ2v) is 5.31. The van der Waals surface area contributed by atoms with Crippen molar-refractivity contribution in [3.05, 3.63) is 36.6 Å². The van der Waals surface area contributed by atoms with E-state index in [0.29, 0.717) is 6.04 Å². The summed E-state index contributed by atoms with van der Waals surface area (Å²) in [6, 6.07) is 0.578. The van der Waals surface area contributed by atoms with Crippen molar-refractivity contribution in [3.63, 3.8) is 0 Å². The molecular formula is C16H31N3. The molecule has 1 atom stereocenters. The van der Waals surface area contributed by atoms with Crippen molar-refractivity contribution in [2.24, 2.45) is 0 Å². The van der Waals surface area contributed by atoms with E-state index in [0.717, 1.165) is 37.3 Å². The molecule has 110 valence electrons. The lowest BCUT2D eigenvalue weighted by atomic mass is 10.2. The van der Waals surface area contributed by atoms with Gasteiger partial charge in [-0.15, -0.1) is 0 Å². The average Bonchev–Trinajstić information content (AvgIpc) is 2.38. The minimum atomic E-state index is 0.578. The van der Waals surface area contributed by atoms with Crippen LogP contribution in [0.1, 0.15) is 20.3 Å². The number of allylic oxidation sites excluding steroid dienone is 3. The van der Waals surface area contributed by atoms with Crippen LogP contribution < -0.4 is 5.32 Å². The van der Waals surface area contributed by atoms with E-state index < -0.39 is 0 Å². The number of hydrogen-bond acceptors (Lipinski definition) is 3. The molecule has 0 saturated carbocycles. The van der Waals surface area contributed by atoms with Crippen LogP contribution in [0.25, 0.3) is 0 Å². The van der Waals surface area contributed by atoms with Gasteiger partial charge in [0.2, 0.25) is 0 Å². The van der Waals surface area contributed by atoms with Crippen molar-refractivity contribution in [1.82, 2.24) is 15.1 Å². The molecule has 3 heteroatoms. The maximum absolute atomic E-state index is 4.07. The van der Waals surface area contributed by atoms with E-state index >= 15 is 0 Å². The van der Waals surface area contributed by atoms with Crippen LogP contribution >= 0.6 is 0 Å². The van der Waals surface area contributed by atoms with Crippen molar-refractivity contribution in [2.75, 3.05) is 40.8 Å². The fraction of sp³-hybridized carbons (Fsp3) is 0.625. The maximum atomic E-state index is 4.07. The summed E-state index contributed by atoms with van der Waals surface area (Å²) in [5.74, 6) is 0. The highest BCUT2D eigenvalue weighted by Crippen LogP contribution is 2.07. The number of nitrogens with one attached hydrogen (secondary N) is 1. The van der Waals surface area contributed by atoms with Crippen molar-refractivity contribution in [2.45, 2.75) is 26.3 Å². The lowest BCUT2D eigenvalue weighted by Gasteiger charge is -2.27. The van der Waals surface area contributed by atoms with Crippen LogP contribution in [-0.2, 0) is 0 Å². The smallest absolute Gasteiger partial charge is 0.0290 e. The Morgan fingerprint density at radius 2 is 1.84 bits per heavy atom. The fourth-order valence-electron chi connectivity index (χ4n) is 1.62. The Hall–Kier alpha value is -1.06. The minimum Gasteiger partial charge on any atom is -0.375 e. The summed E-state index contributed by atoms with van der Waals surface area (Å²) in [5.41, 5.74) is 2.09. The first kappa shape index (κ1) is 17.9. The molecule has 0 aromatic rings. The molecule has 1 N–H and O–H groups in total. The quantitative estimate of drug-likeness (QED) is 0.612. The van der Waals surface area contributed by atoms with Gasteiger partial charge < -0.3 is 15.1 Å². The molecule has 0 saturated heterocycles. The number of nitrogens with zero attached hydrogens (tertiary/aromatic N) is 2. The van der Waals surface area contributed by atoms with Crippen molar-refractivity contribution >= 4 is 0 Å². The topological polar surface area (TPSA) is 18.5 Å². The van der Waals surface area contributed by atoms with Crippen LogP contribution in [0.3, 0.4) is 0 Å². The molecule has 0 fully saturated rings. The zero-order valence-electron chi connectivity index (χ0n) is 13.4. The standard InChI is InChI=1S/C16H31N3/c1-14(2)8-9-15(3)18(6)12-10-16(4)19(7)13-11-17-5/h8-9,16-17H,1,3,10-13H2,2,4-7H3/b9-8-. The second kappa shape index (κ2) is 9.82. The normalized spacial score (nSPS) is 12.9. The van der Waals surface area contributed by atoms with Crippen molar-refractivity contribution < 1.29 is 0 Å². The predicted octanol–water partition coefficient (Wildman–Crippen LogP) is 2.49. The molecule has 0 radical (unpaired) electrons. The molecule has 0 aliphatic carbocycles. The summed E-state index contributed by atoms with van der Waals surface area (Å²) in [6.07, 6.45) is 5.16. The van der Waals surface area contributed by atoms with E-state index in [4.69, 9.17) is 0 Å². The first-order chi connectivity index (χ1) is 8.88. The van der Waals surface area contributed by atoms with E-state index in [1.54, 1.807) is 0 Å². The molecule has 0 heterocycles. The lowest BCUT2D eigenvalue weighted by Crippen LogP contribution is -2.36. The number of rotatable bonds is 10. The van der Waals surface area contributed by atoms with Gasteiger partial charge in [-0.25, -0.2) is 0 Å². The highest BCUT2D eigenvalue weighted by Gasteiger charge is 2.09. The maximum Gasteiger partial charge on any atom is 0.0290 e. The fourth-order valence-corrected chi connectivity index (χ4v) is 1.62. The Bertz CT molecular complexity index is 307. The van der Waals surface area contributed by atoms with Gasteiger partial charge in [0.1, 0.15) is 0 Å². The highest BCUT2D eigenvalue weighted by atomic mass is 15.2. The van der Waals surface area contributed by atoms with E-state index in [9.17, 15) is 0 Å². The van der Waals surface area contributed by atoms with Gasteiger partial charge in [-0.05, 0) is 40.4 Å². The molecule has 0 spiro atoms. The van der Waals surface area contributed by atoms with Gasteiger partial charge >= 0.3 is 0 Å². The van der Waals surface area contributed by atoms with Gasteiger partial charge in [-0.2, -0.15) is 0 Å². The zero-order valence-corrected chi connectivity index (χ0v) is 13.4. The summed E-state index contributed by atoms with van der Waals surface area (Å²) >= 11 is 0. The van der Waals surface area contributed by atoms with E-state index in [-0.39, 0.29) is 0 Å². The van der Waals surface area contributed by atoms with Crippen LogP contribution in [-0.4, -0.2) is 56.6 Å². The largest absolute Gasteiger partial charge is 0.375 e. The Kier molecular flexibility index (Phi) is 9.27. The third-order valence-electron chi connectivity index (χ3n) is 3.40. The Labute approximate surface area is 119 Å². The van der Waals surface area contributed by atoms with Crippen LogP contribution in [0.15, 0.2) is 36.6 Å². The zero-order chi connectivity index (χ0) is 14.8. The van der Waals surface area contributed by atoms with Crippen LogP contribution in [0.5, 0.6) is 0 Å². The van der Waals surface area contributed by atoms with Crippen LogP contribution in [0, 0.1) is 0 Å². The highest BCUT2D eigenvalue weighted by molar-refractivity contribution is 5.21. The molecule has 0 rings (SSSR count). The van der Waals surface area contributed by atoms with Gasteiger partial charge in [-0.3, -0.25) is 0 Å². The average molecular weight is 265 g/mol. The molecule has 0 aliphatic rings. The van der Waals surface area contributed by atoms with Crippen molar-refractivity contribution in [1.29, 1.82) is 0 Å². The van der Waals surface area contributed by atoms with Gasteiger partial charge in [0.05, 0.1) is 0 Å². The summed E-state index contributed by atoms with van der Waals surface area (Å²) in [4.78, 5) is 4.58. The molecule has 3 nitrogen and oxygen atoms in total. The van der Waals surface area contributed by atoms with E-state index in [1.165, 1.54) is 0 Å². The monoisotopic (exact) mass is 265 g/mol. The SMILES string of the molecule is C=C(C)/C=C\C(=C)N(C)CCC(C)N(C)CCNC. The molecular weight excluding hydrogens is 234 g/mol. The van der Waals surface area contributed by atoms with Crippen molar-refractivity contribution in [3.8, 4) is 0 Å². The lowest BCUT2D eigenvalue weighted by molar-refractivity contribution is 0.231. The minimum absolute atomic E-state index is 0.578. The summed E-state index contributed by atoms with van der Waals surface area (Å²) in [7, 11) is 6.26. The summed E-state index contributed by atoms with van der Waals surface area (Å²) in [6.45, 7) is 15.3. The molecule has 0 aromatic carbocycles. The second-order valence-electron chi connectivity index (χ2n) is 5.31. The molecule has 0 bridgehead atoms. The molecule has 0 aromatic heterocycles. The van der Waals surface area contributed by atoms with Crippen LogP contribution in [0.2, 0.25) is 0 Å². The van der Waals surface area contributed by atoms with Gasteiger partial charge in [-0.1, -0.05) is 24.8 Å². The Morgan fingerprint density at radius 3 is 2.37 bits per heavy atom. The van der Waals surface area contributed by atoms with Crippen LogP contribution in [0.4, 0.5) is 0 Å². The van der Waals surface area contributed by atoms with E-state index in [2.05, 4.69) is 49.3 Å². The summed E-state index contributed by atoms with van der Waals surface area (Å²) < 4.78 is 0. The predicted molar refractivity (Wildman–Crippen MR) is 86.4 cm³/mol. The first-order valence-corrected chi connectivity index (χ1v) is 6.97. The molecule has 19 heavy (non-hydrogen) atoms. The molecule has 0 aliphatic heterocycles. The third kappa shape index (κ3) is 8.62. The van der Waals surface area contributed by atoms with Gasteiger partial charge in [0, 0.05) is 38.4 Å². The van der Waals surface area contributed by atoms with E-state index in [1.807, 2.05) is 26.1 Å². The number of hydrogen-bond donors (Lipinski definition) is 1. The summed E-state index contributed by atoms with van der Waals surface area (Å²) in [5, 5.41) is 3.18. The molecule has 1 unspecified atom stereocenters. The first-order valence-electron chi connectivity index (χ1n) is 6.97.